The summed E-state index contributed by atoms with van der Waals surface area (Å²) in [5.41, 5.74) is -0.608. The van der Waals surface area contributed by atoms with Crippen molar-refractivity contribution in [1.82, 2.24) is 0 Å². The van der Waals surface area contributed by atoms with Gasteiger partial charge in [-0.15, -0.1) is 0 Å². The van der Waals surface area contributed by atoms with Crippen LogP contribution in [0.2, 0.25) is 0 Å². The van der Waals surface area contributed by atoms with Crippen molar-refractivity contribution >= 4 is 11.8 Å². The maximum Gasteiger partial charge on any atom is 0.302 e. The lowest BCUT2D eigenvalue weighted by atomic mass is 9.37. The lowest BCUT2D eigenvalue weighted by molar-refractivity contribution is -0.329. The van der Waals surface area contributed by atoms with Crippen LogP contribution in [0.25, 0.3) is 0 Å². The Morgan fingerprint density at radius 1 is 1.26 bits per heavy atom. The number of ether oxygens (including phenoxy) is 2. The van der Waals surface area contributed by atoms with Gasteiger partial charge in [-0.1, -0.05) is 20.4 Å². The van der Waals surface area contributed by atoms with Crippen LogP contribution in [0.5, 0.6) is 0 Å². The first-order valence-electron chi connectivity index (χ1n) is 10.4. The summed E-state index contributed by atoms with van der Waals surface area (Å²) < 4.78 is 12.2. The van der Waals surface area contributed by atoms with Crippen molar-refractivity contribution < 1.29 is 24.2 Å². The lowest BCUT2D eigenvalue weighted by Crippen LogP contribution is -2.76. The first-order valence-corrected chi connectivity index (χ1v) is 10.4. The molecule has 2 saturated heterocycles. The second-order valence-corrected chi connectivity index (χ2v) is 10.3. The average Bonchev–Trinajstić information content (AvgIpc) is 2.73. The Hall–Kier alpha value is -1.20. The lowest BCUT2D eigenvalue weighted by Gasteiger charge is -2.71. The van der Waals surface area contributed by atoms with Crippen LogP contribution in [0.4, 0.5) is 0 Å². The number of rotatable bonds is 1. The van der Waals surface area contributed by atoms with Crippen molar-refractivity contribution in [2.24, 2.45) is 34.0 Å². The van der Waals surface area contributed by atoms with Crippen LogP contribution >= 0.6 is 0 Å². The molecule has 5 heteroatoms. The highest BCUT2D eigenvalue weighted by Crippen LogP contribution is 2.74. The number of aliphatic hydroxyl groups is 1. The first kappa shape index (κ1) is 17.9. The Balaban J connectivity index is 1.70. The Morgan fingerprint density at radius 2 is 2.00 bits per heavy atom. The molecule has 8 atom stereocenters. The van der Waals surface area contributed by atoms with E-state index in [9.17, 15) is 14.7 Å². The molecule has 4 saturated carbocycles. The van der Waals surface area contributed by atoms with E-state index >= 15 is 0 Å². The van der Waals surface area contributed by atoms with Gasteiger partial charge in [-0.25, -0.2) is 0 Å². The van der Waals surface area contributed by atoms with Gasteiger partial charge in [-0.3, -0.25) is 9.59 Å². The van der Waals surface area contributed by atoms with E-state index < -0.39 is 16.9 Å². The summed E-state index contributed by atoms with van der Waals surface area (Å²) in [6, 6.07) is 0. The summed E-state index contributed by atoms with van der Waals surface area (Å²) in [6.07, 6.45) is 2.97. The highest BCUT2D eigenvalue weighted by Gasteiger charge is 2.79. The van der Waals surface area contributed by atoms with Crippen molar-refractivity contribution in [2.45, 2.75) is 71.2 Å². The van der Waals surface area contributed by atoms with E-state index in [4.69, 9.17) is 9.47 Å². The summed E-state index contributed by atoms with van der Waals surface area (Å²) >= 11 is 0. The Bertz CT molecular complexity index is 741. The Kier molecular flexibility index (Phi) is 3.46. The fourth-order valence-electron chi connectivity index (χ4n) is 8.09. The second kappa shape index (κ2) is 5.24. The van der Waals surface area contributed by atoms with Crippen LogP contribution in [0.1, 0.15) is 52.9 Å². The van der Waals surface area contributed by atoms with E-state index in [1.807, 2.05) is 0 Å². The van der Waals surface area contributed by atoms with Crippen LogP contribution in [0, 0.1) is 34.0 Å². The number of carbonyl (C=O) groups is 2. The zero-order chi connectivity index (χ0) is 19.4. The number of hydrogen-bond donors (Lipinski definition) is 1. The first-order chi connectivity index (χ1) is 12.7. The van der Waals surface area contributed by atoms with E-state index in [0.717, 1.165) is 32.1 Å². The molecule has 6 fully saturated rings. The molecule has 5 nitrogen and oxygen atoms in total. The summed E-state index contributed by atoms with van der Waals surface area (Å²) in [6.45, 7) is 10.6. The van der Waals surface area contributed by atoms with Crippen molar-refractivity contribution in [1.29, 1.82) is 0 Å². The highest BCUT2D eigenvalue weighted by molar-refractivity contribution is 6.04. The molecule has 0 radical (unpaired) electrons. The van der Waals surface area contributed by atoms with Crippen molar-refractivity contribution in [2.75, 3.05) is 6.61 Å². The normalized spacial score (nSPS) is 52.3. The van der Waals surface area contributed by atoms with E-state index in [1.165, 1.54) is 6.92 Å². The summed E-state index contributed by atoms with van der Waals surface area (Å²) in [5, 5.41) is 11.3. The predicted octanol–water partition coefficient (Wildman–Crippen LogP) is 2.66. The van der Waals surface area contributed by atoms with Gasteiger partial charge in [0.25, 0.3) is 0 Å². The summed E-state index contributed by atoms with van der Waals surface area (Å²) in [5.74, 6) is -0.0939. The minimum atomic E-state index is -0.888. The summed E-state index contributed by atoms with van der Waals surface area (Å²) in [4.78, 5) is 25.4. The van der Waals surface area contributed by atoms with Crippen LogP contribution in [0.15, 0.2) is 12.2 Å². The molecule has 2 spiro atoms. The van der Waals surface area contributed by atoms with Gasteiger partial charge in [-0.2, -0.15) is 0 Å². The molecule has 6 rings (SSSR count). The molecule has 27 heavy (non-hydrogen) atoms. The number of esters is 1. The van der Waals surface area contributed by atoms with Crippen LogP contribution in [0.3, 0.4) is 0 Å². The Morgan fingerprint density at radius 3 is 2.70 bits per heavy atom. The zero-order valence-electron chi connectivity index (χ0n) is 16.5. The quantitative estimate of drug-likeness (QED) is 0.564. The fourth-order valence-corrected chi connectivity index (χ4v) is 8.09. The van der Waals surface area contributed by atoms with Gasteiger partial charge in [0.2, 0.25) is 0 Å². The smallest absolute Gasteiger partial charge is 0.302 e. The monoisotopic (exact) mass is 374 g/mol. The van der Waals surface area contributed by atoms with E-state index in [0.29, 0.717) is 18.1 Å². The predicted molar refractivity (Wildman–Crippen MR) is 97.6 cm³/mol. The maximum absolute atomic E-state index is 13.5. The second-order valence-electron chi connectivity index (χ2n) is 10.3. The third-order valence-corrected chi connectivity index (χ3v) is 9.06. The van der Waals surface area contributed by atoms with E-state index in [2.05, 4.69) is 20.4 Å². The number of Topliss-reactive ketones (excluding diaryl/α,β-unsaturated/α-hetero) is 1. The van der Waals surface area contributed by atoms with Crippen molar-refractivity contribution in [3.8, 4) is 0 Å². The van der Waals surface area contributed by atoms with Crippen LogP contribution in [-0.2, 0) is 19.1 Å². The number of carbonyl (C=O) groups excluding carboxylic acids is 2. The van der Waals surface area contributed by atoms with Gasteiger partial charge >= 0.3 is 5.97 Å². The highest BCUT2D eigenvalue weighted by atomic mass is 16.5. The number of fused-ring (bicyclic) bond motifs is 2. The Labute approximate surface area is 160 Å². The number of ketones is 1. The molecular formula is C22H30O5. The standard InChI is InChI=1S/C22H30O5/c1-11-13-5-6-14-21-10-26-17(22(14,18(11)24)19(13)25)9-15(21)20(3,4)8-7-16(21)27-12(2)23/h13-17,19,25H,1,5-10H2,2-4H3/t13-,14-,15+,16-,17+,19+,21-,22-/m0/s1. The van der Waals surface area contributed by atoms with Gasteiger partial charge in [0, 0.05) is 18.3 Å². The number of aliphatic hydroxyl groups excluding tert-OH is 1. The topological polar surface area (TPSA) is 72.8 Å². The molecule has 0 aromatic carbocycles. The van der Waals surface area contributed by atoms with Gasteiger partial charge in [0.05, 0.1) is 24.2 Å². The summed E-state index contributed by atoms with van der Waals surface area (Å²) in [7, 11) is 0. The van der Waals surface area contributed by atoms with Gasteiger partial charge in [0.15, 0.2) is 5.78 Å². The van der Waals surface area contributed by atoms with E-state index in [-0.39, 0.29) is 41.2 Å². The molecule has 6 aliphatic rings. The average molecular weight is 374 g/mol. The molecule has 4 aliphatic carbocycles. The molecule has 2 aliphatic heterocycles. The van der Waals surface area contributed by atoms with Crippen LogP contribution in [-0.4, -0.2) is 41.8 Å². The third-order valence-electron chi connectivity index (χ3n) is 9.06. The molecule has 4 bridgehead atoms. The maximum atomic E-state index is 13.5. The minimum absolute atomic E-state index is 0.00924. The van der Waals surface area contributed by atoms with Gasteiger partial charge < -0.3 is 14.6 Å². The molecule has 0 unspecified atom stereocenters. The molecular weight excluding hydrogens is 344 g/mol. The largest absolute Gasteiger partial charge is 0.462 e. The molecule has 1 N–H and O–H groups in total. The molecule has 0 aromatic rings. The van der Waals surface area contributed by atoms with Crippen LogP contribution < -0.4 is 0 Å². The van der Waals surface area contributed by atoms with E-state index in [1.54, 1.807) is 0 Å². The van der Waals surface area contributed by atoms with Crippen molar-refractivity contribution in [3.63, 3.8) is 0 Å². The zero-order valence-corrected chi connectivity index (χ0v) is 16.5. The van der Waals surface area contributed by atoms with Crippen molar-refractivity contribution in [3.05, 3.63) is 12.2 Å². The molecule has 0 aromatic heterocycles. The minimum Gasteiger partial charge on any atom is -0.462 e. The third kappa shape index (κ3) is 1.84. The van der Waals surface area contributed by atoms with Gasteiger partial charge in [0.1, 0.15) is 6.10 Å². The SMILES string of the molecule is C=C1C(=O)[C@]23[C@H](O)[C@H]1CC[C@H]2[C@@]12CO[C@@H]3C[C@@H]1C(C)(C)CC[C@@H]2OC(C)=O. The molecule has 0 amide bonds. The number of hydrogen-bond acceptors (Lipinski definition) is 5. The molecule has 148 valence electrons. The molecule has 2 heterocycles. The van der Waals surface area contributed by atoms with Gasteiger partial charge in [-0.05, 0) is 54.9 Å². The fraction of sp³-hybridized carbons (Fsp3) is 0.818.